The van der Waals surface area contributed by atoms with E-state index in [1.807, 2.05) is 0 Å². The summed E-state index contributed by atoms with van der Waals surface area (Å²) in [5, 5.41) is 9.21. The number of aromatic hydroxyl groups is 1. The number of Topliss-reactive ketones (excluding diaryl/α,β-unsaturated/α-hetero) is 2. The Bertz CT molecular complexity index is 703. The number of ketones is 2. The Morgan fingerprint density at radius 1 is 1.20 bits per heavy atom. The van der Waals surface area contributed by atoms with E-state index in [1.54, 1.807) is 0 Å². The third-order valence-electron chi connectivity index (χ3n) is 2.75. The summed E-state index contributed by atoms with van der Waals surface area (Å²) >= 11 is 11.3. The zero-order chi connectivity index (χ0) is 15.2. The minimum atomic E-state index is -0.794. The summed E-state index contributed by atoms with van der Waals surface area (Å²) in [5.41, 5.74) is -0.0679. The van der Waals surface area contributed by atoms with Crippen molar-refractivity contribution in [2.75, 3.05) is 0 Å². The van der Waals surface area contributed by atoms with Crippen LogP contribution in [0.5, 0.6) is 11.5 Å². The summed E-state index contributed by atoms with van der Waals surface area (Å²) in [6.07, 6.45) is 0. The number of benzene rings is 1. The van der Waals surface area contributed by atoms with Gasteiger partial charge in [-0.25, -0.2) is 0 Å². The first-order valence-electron chi connectivity index (χ1n) is 5.45. The Hall–Kier alpha value is -1.85. The molecule has 0 saturated carbocycles. The first kappa shape index (κ1) is 14.6. The number of aryl methyl sites for hydroxylation is 1. The minimum absolute atomic E-state index is 0.0738. The molecule has 2 rings (SSSR count). The topological polar surface area (TPSA) is 80.7 Å². The number of carbonyl (C=O) groups is 3. The van der Waals surface area contributed by atoms with E-state index < -0.39 is 33.3 Å². The summed E-state index contributed by atoms with van der Waals surface area (Å²) in [5.74, 6) is -2.91. The highest BCUT2D eigenvalue weighted by atomic mass is 35.5. The zero-order valence-electron chi connectivity index (χ0n) is 10.4. The second-order valence-electron chi connectivity index (χ2n) is 4.17. The third-order valence-corrected chi connectivity index (χ3v) is 3.57. The quantitative estimate of drug-likeness (QED) is 0.636. The Morgan fingerprint density at radius 3 is 2.30 bits per heavy atom. The molecule has 104 valence electrons. The molecule has 20 heavy (non-hydrogen) atoms. The van der Waals surface area contributed by atoms with Crippen molar-refractivity contribution < 1.29 is 24.2 Å². The zero-order valence-corrected chi connectivity index (χ0v) is 11.9. The lowest BCUT2D eigenvalue weighted by molar-refractivity contribution is -0.132. The lowest BCUT2D eigenvalue weighted by atomic mass is 9.91. The molecule has 0 aromatic heterocycles. The predicted octanol–water partition coefficient (Wildman–Crippen LogP) is 2.69. The fraction of sp³-hybridized carbons (Fsp3) is 0.154. The molecule has 1 aromatic rings. The summed E-state index contributed by atoms with van der Waals surface area (Å²) in [6, 6.07) is 1.32. The molecule has 0 aliphatic heterocycles. The lowest BCUT2D eigenvalue weighted by Gasteiger charge is -2.18. The van der Waals surface area contributed by atoms with E-state index >= 15 is 0 Å². The molecular formula is C13H8Cl2O5. The lowest BCUT2D eigenvalue weighted by Crippen LogP contribution is -2.19. The molecule has 0 fully saturated rings. The van der Waals surface area contributed by atoms with Crippen molar-refractivity contribution in [1.82, 2.24) is 0 Å². The summed E-state index contributed by atoms with van der Waals surface area (Å²) in [6.45, 7) is 2.67. The Kier molecular flexibility index (Phi) is 3.58. The van der Waals surface area contributed by atoms with E-state index in [1.165, 1.54) is 13.0 Å². The van der Waals surface area contributed by atoms with Crippen molar-refractivity contribution in [2.24, 2.45) is 0 Å². The molecule has 5 nitrogen and oxygen atoms in total. The maximum atomic E-state index is 12.0. The van der Waals surface area contributed by atoms with Crippen LogP contribution in [0.25, 0.3) is 0 Å². The van der Waals surface area contributed by atoms with Gasteiger partial charge in [-0.1, -0.05) is 23.2 Å². The molecule has 0 bridgehead atoms. The van der Waals surface area contributed by atoms with Crippen molar-refractivity contribution in [3.05, 3.63) is 32.8 Å². The number of halogens is 2. The molecular weight excluding hydrogens is 307 g/mol. The molecule has 0 heterocycles. The predicted molar refractivity (Wildman–Crippen MR) is 71.5 cm³/mol. The number of esters is 1. The first-order chi connectivity index (χ1) is 9.25. The van der Waals surface area contributed by atoms with Crippen LogP contribution < -0.4 is 4.74 Å². The largest absolute Gasteiger partial charge is 0.504 e. The molecule has 1 aromatic carbocycles. The molecule has 0 radical (unpaired) electrons. The van der Waals surface area contributed by atoms with Crippen molar-refractivity contribution in [2.45, 2.75) is 13.8 Å². The van der Waals surface area contributed by atoms with Crippen molar-refractivity contribution in [3.63, 3.8) is 0 Å². The fourth-order valence-corrected chi connectivity index (χ4v) is 2.26. The average molecular weight is 315 g/mol. The molecule has 0 spiro atoms. The number of phenolic OH excluding ortho intramolecular Hbond substituents is 1. The Morgan fingerprint density at radius 2 is 1.75 bits per heavy atom. The van der Waals surface area contributed by atoms with E-state index in [4.69, 9.17) is 27.9 Å². The summed E-state index contributed by atoms with van der Waals surface area (Å²) in [4.78, 5) is 35.0. The van der Waals surface area contributed by atoms with E-state index in [0.29, 0.717) is 5.56 Å². The fourth-order valence-electron chi connectivity index (χ4n) is 1.89. The highest BCUT2D eigenvalue weighted by Crippen LogP contribution is 2.42. The number of phenols is 1. The van der Waals surface area contributed by atoms with Crippen molar-refractivity contribution >= 4 is 40.7 Å². The van der Waals surface area contributed by atoms with Gasteiger partial charge in [-0.05, 0) is 18.6 Å². The van der Waals surface area contributed by atoms with Gasteiger partial charge < -0.3 is 9.84 Å². The molecule has 0 amide bonds. The van der Waals surface area contributed by atoms with Gasteiger partial charge in [-0.2, -0.15) is 0 Å². The van der Waals surface area contributed by atoms with Crippen LogP contribution in [0.2, 0.25) is 0 Å². The summed E-state index contributed by atoms with van der Waals surface area (Å²) < 4.78 is 4.84. The Balaban J connectivity index is 2.76. The monoisotopic (exact) mass is 314 g/mol. The van der Waals surface area contributed by atoms with Crippen LogP contribution in [0.1, 0.15) is 33.2 Å². The summed E-state index contributed by atoms with van der Waals surface area (Å²) in [7, 11) is 0. The van der Waals surface area contributed by atoms with Gasteiger partial charge in [0.05, 0.1) is 5.56 Å². The van der Waals surface area contributed by atoms with Crippen LogP contribution in [-0.4, -0.2) is 22.6 Å². The number of hydrogen-bond acceptors (Lipinski definition) is 5. The Labute approximate surface area is 123 Å². The minimum Gasteiger partial charge on any atom is -0.504 e. The van der Waals surface area contributed by atoms with E-state index in [9.17, 15) is 19.5 Å². The molecule has 1 aliphatic carbocycles. The van der Waals surface area contributed by atoms with Crippen LogP contribution in [0.3, 0.4) is 0 Å². The van der Waals surface area contributed by atoms with Gasteiger partial charge in [-0.3, -0.25) is 14.4 Å². The van der Waals surface area contributed by atoms with Gasteiger partial charge >= 0.3 is 5.97 Å². The van der Waals surface area contributed by atoms with Gasteiger partial charge in [0.2, 0.25) is 11.6 Å². The standard InChI is InChI=1S/C13H8Cl2O5/c1-4-3-6-7(12(19)13(4)20-5(2)16)11(18)9(15)8(14)10(6)17/h3,19H,1-2H3. The van der Waals surface area contributed by atoms with Gasteiger partial charge in [0.1, 0.15) is 10.1 Å². The SMILES string of the molecule is CC(=O)Oc1c(C)cc2c(c1O)C(=O)C(Cl)=C(Cl)C2=O. The highest BCUT2D eigenvalue weighted by molar-refractivity contribution is 6.59. The van der Waals surface area contributed by atoms with Crippen LogP contribution >= 0.6 is 23.2 Å². The van der Waals surface area contributed by atoms with E-state index in [2.05, 4.69) is 0 Å². The highest BCUT2D eigenvalue weighted by Gasteiger charge is 2.35. The van der Waals surface area contributed by atoms with Gasteiger partial charge in [0.25, 0.3) is 0 Å². The van der Waals surface area contributed by atoms with Crippen LogP contribution in [-0.2, 0) is 4.79 Å². The van der Waals surface area contributed by atoms with E-state index in [-0.39, 0.29) is 16.9 Å². The second-order valence-corrected chi connectivity index (χ2v) is 4.93. The maximum Gasteiger partial charge on any atom is 0.308 e. The van der Waals surface area contributed by atoms with Crippen LogP contribution in [0, 0.1) is 6.92 Å². The molecule has 0 atom stereocenters. The second kappa shape index (κ2) is 4.92. The number of allylic oxidation sites excluding steroid dienone is 2. The molecule has 0 saturated heterocycles. The van der Waals surface area contributed by atoms with Crippen molar-refractivity contribution in [1.29, 1.82) is 0 Å². The van der Waals surface area contributed by atoms with Crippen LogP contribution in [0.4, 0.5) is 0 Å². The molecule has 7 heteroatoms. The number of ether oxygens (including phenoxy) is 1. The molecule has 1 N–H and O–H groups in total. The van der Waals surface area contributed by atoms with E-state index in [0.717, 1.165) is 6.92 Å². The number of carbonyl (C=O) groups excluding carboxylic acids is 3. The average Bonchev–Trinajstić information content (AvgIpc) is 2.38. The maximum absolute atomic E-state index is 12.0. The van der Waals surface area contributed by atoms with Crippen molar-refractivity contribution in [3.8, 4) is 11.5 Å². The molecule has 0 unspecified atom stereocenters. The first-order valence-corrected chi connectivity index (χ1v) is 6.21. The number of fused-ring (bicyclic) bond motifs is 1. The van der Waals surface area contributed by atoms with Gasteiger partial charge in [0, 0.05) is 12.5 Å². The van der Waals surface area contributed by atoms with Gasteiger partial charge in [-0.15, -0.1) is 0 Å². The van der Waals surface area contributed by atoms with Crippen LogP contribution in [0.15, 0.2) is 16.1 Å². The number of hydrogen-bond donors (Lipinski definition) is 1. The number of rotatable bonds is 1. The van der Waals surface area contributed by atoms with Gasteiger partial charge in [0.15, 0.2) is 11.5 Å². The third kappa shape index (κ3) is 2.09. The smallest absolute Gasteiger partial charge is 0.308 e. The normalized spacial score (nSPS) is 14.4. The molecule has 1 aliphatic rings.